The van der Waals surface area contributed by atoms with Gasteiger partial charge in [0.2, 0.25) is 5.13 Å². The van der Waals surface area contributed by atoms with Crippen molar-refractivity contribution in [1.29, 1.82) is 5.26 Å². The van der Waals surface area contributed by atoms with E-state index in [1.54, 1.807) is 16.2 Å². The van der Waals surface area contributed by atoms with Gasteiger partial charge in [0.1, 0.15) is 5.82 Å². The highest BCUT2D eigenvalue weighted by atomic mass is 32.2. The van der Waals surface area contributed by atoms with Gasteiger partial charge in [0.05, 0.1) is 17.6 Å². The van der Waals surface area contributed by atoms with Gasteiger partial charge in [-0.1, -0.05) is 57.7 Å². The zero-order valence-electron chi connectivity index (χ0n) is 19.1. The average Bonchev–Trinajstić information content (AvgIpc) is 3.35. The topological polar surface area (TPSA) is 95.9 Å². The number of rotatable bonds is 3. The number of nitriles is 1. The molecule has 0 bridgehead atoms. The molecule has 0 amide bonds. The molecular weight excluding hydrogens is 458 g/mol. The van der Waals surface area contributed by atoms with E-state index < -0.39 is 5.92 Å². The third-order valence-electron chi connectivity index (χ3n) is 5.79. The van der Waals surface area contributed by atoms with Crippen LogP contribution in [0.3, 0.4) is 0 Å². The second-order valence-electron chi connectivity index (χ2n) is 9.99. The summed E-state index contributed by atoms with van der Waals surface area (Å²) in [5, 5.41) is 19.3. The Morgan fingerprint density at radius 3 is 2.53 bits per heavy atom. The fourth-order valence-electron chi connectivity index (χ4n) is 4.30. The second kappa shape index (κ2) is 8.01. The molecule has 1 aliphatic heterocycles. The Hall–Kier alpha value is -2.15. The fourth-order valence-corrected chi connectivity index (χ4v) is 6.78. The number of carbonyl (C=O) groups excluding carboxylic acids is 1. The molecule has 0 spiro atoms. The van der Waals surface area contributed by atoms with E-state index in [1.165, 1.54) is 28.0 Å². The van der Waals surface area contributed by atoms with Crippen LogP contribution in [0.5, 0.6) is 0 Å². The van der Waals surface area contributed by atoms with Gasteiger partial charge >= 0.3 is 0 Å². The van der Waals surface area contributed by atoms with Gasteiger partial charge in [-0.3, -0.25) is 9.69 Å². The molecule has 0 fully saturated rings. The lowest BCUT2D eigenvalue weighted by molar-refractivity contribution is -0.118. The van der Waals surface area contributed by atoms with Crippen LogP contribution in [0.15, 0.2) is 39.1 Å². The molecule has 3 heterocycles. The van der Waals surface area contributed by atoms with Gasteiger partial charge in [0.25, 0.3) is 0 Å². The SMILES string of the molecule is CSc1nnc(N2C(N)=C(C#N)C(c3ccc(C(C)(C)C)s3)C3=C2CC(C)(C)CC3=O)s1. The van der Waals surface area contributed by atoms with Crippen molar-refractivity contribution in [3.05, 3.63) is 44.6 Å². The summed E-state index contributed by atoms with van der Waals surface area (Å²) in [6.45, 7) is 10.7. The Labute approximate surface area is 201 Å². The molecule has 0 saturated heterocycles. The molecule has 2 aliphatic rings. The highest BCUT2D eigenvalue weighted by Crippen LogP contribution is 2.52. The first-order chi connectivity index (χ1) is 15.0. The zero-order chi connectivity index (χ0) is 23.4. The quantitative estimate of drug-likeness (QED) is 0.569. The van der Waals surface area contributed by atoms with Crippen molar-refractivity contribution in [2.24, 2.45) is 11.1 Å². The number of ketones is 1. The Kier molecular flexibility index (Phi) is 5.76. The summed E-state index contributed by atoms with van der Waals surface area (Å²) in [5.74, 6) is -0.0213. The minimum Gasteiger partial charge on any atom is -0.384 e. The maximum atomic E-state index is 13.5. The zero-order valence-corrected chi connectivity index (χ0v) is 21.6. The maximum absolute atomic E-state index is 13.5. The van der Waals surface area contributed by atoms with E-state index in [1.807, 2.05) is 12.3 Å². The fraction of sp³-hybridized carbons (Fsp3) is 0.478. The molecule has 4 rings (SSSR count). The summed E-state index contributed by atoms with van der Waals surface area (Å²) in [4.78, 5) is 17.5. The summed E-state index contributed by atoms with van der Waals surface area (Å²) in [6, 6.07) is 6.48. The van der Waals surface area contributed by atoms with Crippen molar-refractivity contribution in [2.75, 3.05) is 11.2 Å². The van der Waals surface area contributed by atoms with Gasteiger partial charge in [-0.2, -0.15) is 5.26 Å². The molecule has 6 nitrogen and oxygen atoms in total. The number of nitrogens with two attached hydrogens (primary N) is 1. The Bertz CT molecular complexity index is 1190. The van der Waals surface area contributed by atoms with Crippen molar-refractivity contribution in [2.45, 2.75) is 63.1 Å². The molecular formula is C23H27N5OS3. The molecule has 32 heavy (non-hydrogen) atoms. The number of allylic oxidation sites excluding steroid dienone is 3. The van der Waals surface area contributed by atoms with E-state index in [9.17, 15) is 10.1 Å². The predicted octanol–water partition coefficient (Wildman–Crippen LogP) is 5.56. The van der Waals surface area contributed by atoms with Crippen LogP contribution < -0.4 is 10.6 Å². The average molecular weight is 486 g/mol. The summed E-state index contributed by atoms with van der Waals surface area (Å²) in [6.07, 6.45) is 3.06. The van der Waals surface area contributed by atoms with Crippen molar-refractivity contribution in [3.63, 3.8) is 0 Å². The number of aromatic nitrogens is 2. The first-order valence-electron chi connectivity index (χ1n) is 10.4. The maximum Gasteiger partial charge on any atom is 0.219 e. The number of anilines is 1. The third kappa shape index (κ3) is 3.89. The molecule has 1 unspecified atom stereocenters. The Morgan fingerprint density at radius 1 is 1.25 bits per heavy atom. The first kappa shape index (κ1) is 23.0. The molecule has 0 radical (unpaired) electrons. The minimum absolute atomic E-state index is 0.0117. The summed E-state index contributed by atoms with van der Waals surface area (Å²) < 4.78 is 0.810. The van der Waals surface area contributed by atoms with Gasteiger partial charge in [-0.25, -0.2) is 0 Å². The molecule has 1 aliphatic carbocycles. The van der Waals surface area contributed by atoms with Crippen molar-refractivity contribution < 1.29 is 4.79 Å². The first-order valence-corrected chi connectivity index (χ1v) is 13.3. The Balaban J connectivity index is 1.95. The van der Waals surface area contributed by atoms with Crippen LogP contribution in [-0.2, 0) is 10.2 Å². The normalized spacial score (nSPS) is 21.1. The molecule has 2 aromatic heterocycles. The van der Waals surface area contributed by atoms with E-state index in [-0.39, 0.29) is 16.6 Å². The van der Waals surface area contributed by atoms with Gasteiger partial charge < -0.3 is 5.73 Å². The van der Waals surface area contributed by atoms with Gasteiger partial charge in [-0.05, 0) is 35.6 Å². The largest absolute Gasteiger partial charge is 0.384 e. The Morgan fingerprint density at radius 2 is 1.97 bits per heavy atom. The number of hydrogen-bond acceptors (Lipinski definition) is 9. The van der Waals surface area contributed by atoms with E-state index in [2.05, 4.69) is 57.0 Å². The van der Waals surface area contributed by atoms with Crippen molar-refractivity contribution in [1.82, 2.24) is 10.2 Å². The number of thioether (sulfide) groups is 1. The summed E-state index contributed by atoms with van der Waals surface area (Å²) >= 11 is 4.58. The lowest BCUT2D eigenvalue weighted by Gasteiger charge is -2.42. The second-order valence-corrected chi connectivity index (χ2v) is 13.1. The van der Waals surface area contributed by atoms with Gasteiger partial charge in [0, 0.05) is 27.4 Å². The number of Topliss-reactive ketones (excluding diaryl/α,β-unsaturated/α-hetero) is 1. The smallest absolute Gasteiger partial charge is 0.219 e. The summed E-state index contributed by atoms with van der Waals surface area (Å²) in [7, 11) is 0. The summed E-state index contributed by atoms with van der Waals surface area (Å²) in [5.41, 5.74) is 8.37. The number of carbonyl (C=O) groups is 1. The van der Waals surface area contributed by atoms with Crippen LogP contribution in [-0.4, -0.2) is 22.2 Å². The number of thiophene rings is 1. The highest BCUT2D eigenvalue weighted by Gasteiger charge is 2.46. The molecule has 9 heteroatoms. The number of nitrogens with zero attached hydrogens (tertiary/aromatic N) is 4. The number of hydrogen-bond donors (Lipinski definition) is 1. The van der Waals surface area contributed by atoms with Crippen LogP contribution in [0, 0.1) is 16.7 Å². The minimum atomic E-state index is -0.441. The predicted molar refractivity (Wildman–Crippen MR) is 132 cm³/mol. The van der Waals surface area contributed by atoms with E-state index in [0.717, 1.165) is 14.9 Å². The molecule has 0 aromatic carbocycles. The van der Waals surface area contributed by atoms with Crippen molar-refractivity contribution in [3.8, 4) is 6.07 Å². The molecule has 0 saturated carbocycles. The van der Waals surface area contributed by atoms with E-state index in [0.29, 0.717) is 34.9 Å². The van der Waals surface area contributed by atoms with Crippen LogP contribution in [0.1, 0.15) is 63.1 Å². The molecule has 1 atom stereocenters. The van der Waals surface area contributed by atoms with Crippen LogP contribution >= 0.6 is 34.4 Å². The lowest BCUT2D eigenvalue weighted by Crippen LogP contribution is -2.42. The molecule has 168 valence electrons. The van der Waals surface area contributed by atoms with Crippen LogP contribution in [0.2, 0.25) is 0 Å². The van der Waals surface area contributed by atoms with E-state index in [4.69, 9.17) is 5.73 Å². The highest BCUT2D eigenvalue weighted by molar-refractivity contribution is 8.00. The molecule has 2 N–H and O–H groups in total. The van der Waals surface area contributed by atoms with Gasteiger partial charge in [-0.15, -0.1) is 21.5 Å². The third-order valence-corrected chi connectivity index (χ3v) is 9.25. The monoisotopic (exact) mass is 485 g/mol. The standard InChI is InChI=1S/C23H27N5OS3/c1-22(2,3)16-8-7-15(31-16)17-12(11-24)19(25)28(20-26-27-21(30-6)32-20)13-9-23(4,5)10-14(29)18(13)17/h7-8,17H,9-10,25H2,1-6H3. The van der Waals surface area contributed by atoms with Crippen LogP contribution in [0.4, 0.5) is 5.13 Å². The van der Waals surface area contributed by atoms with Crippen LogP contribution in [0.25, 0.3) is 0 Å². The lowest BCUT2D eigenvalue weighted by atomic mass is 9.70. The molecule has 2 aromatic rings. The van der Waals surface area contributed by atoms with Gasteiger partial charge in [0.15, 0.2) is 10.1 Å². The van der Waals surface area contributed by atoms with Crippen molar-refractivity contribution >= 4 is 45.4 Å². The van der Waals surface area contributed by atoms with E-state index >= 15 is 0 Å².